The number of hydrogen-bond donors (Lipinski definition) is 2. The van der Waals surface area contributed by atoms with Crippen molar-refractivity contribution in [1.82, 2.24) is 14.9 Å². The van der Waals surface area contributed by atoms with Gasteiger partial charge in [-0.2, -0.15) is 4.98 Å². The summed E-state index contributed by atoms with van der Waals surface area (Å²) in [6.45, 7) is 5.77. The van der Waals surface area contributed by atoms with Crippen molar-refractivity contribution in [3.8, 4) is 5.75 Å². The molecule has 2 amide bonds. The number of carbonyl (C=O) groups is 1. The molecule has 0 aliphatic carbocycles. The van der Waals surface area contributed by atoms with Gasteiger partial charge in [-0.05, 0) is 38.1 Å². The van der Waals surface area contributed by atoms with E-state index < -0.39 is 15.1 Å². The van der Waals surface area contributed by atoms with E-state index in [4.69, 9.17) is 21.1 Å². The fraction of sp³-hybridized carbons (Fsp3) is 0.346. The van der Waals surface area contributed by atoms with Crippen LogP contribution in [0.5, 0.6) is 5.75 Å². The standard InChI is InChI=1S/C26H29ClN6O5S/c1-16(2)39(35,36)23-7-5-4-6-21(23)29-24-19(27)13-28-25(31-24)30-20-9-8-17(12-22(20)37-3)33-11-10-32(26(33)34)14-18-15-38-18/h4-9,12-13,16,18H,10-11,14-15H2,1-3H3,(H2,28,29,30,31)/t18-/m1/s1. The largest absolute Gasteiger partial charge is 0.494 e. The molecule has 11 nitrogen and oxygen atoms in total. The third kappa shape index (κ3) is 5.72. The van der Waals surface area contributed by atoms with Crippen molar-refractivity contribution in [2.24, 2.45) is 0 Å². The fourth-order valence-electron chi connectivity index (χ4n) is 4.20. The number of aromatic nitrogens is 2. The van der Waals surface area contributed by atoms with E-state index >= 15 is 0 Å². The molecule has 1 aromatic heterocycles. The number of nitrogens with one attached hydrogen (secondary N) is 2. The lowest BCUT2D eigenvalue weighted by molar-refractivity contribution is 0.215. The van der Waals surface area contributed by atoms with E-state index in [0.29, 0.717) is 49.1 Å². The number of methoxy groups -OCH3 is 1. The second-order valence-corrected chi connectivity index (χ2v) is 12.3. The number of anilines is 5. The number of benzene rings is 2. The van der Waals surface area contributed by atoms with E-state index in [9.17, 15) is 13.2 Å². The van der Waals surface area contributed by atoms with Crippen molar-refractivity contribution in [3.63, 3.8) is 0 Å². The quantitative estimate of drug-likeness (QED) is 0.338. The highest BCUT2D eigenvalue weighted by molar-refractivity contribution is 7.92. The number of urea groups is 1. The van der Waals surface area contributed by atoms with Gasteiger partial charge in [0, 0.05) is 24.8 Å². The summed E-state index contributed by atoms with van der Waals surface area (Å²) in [5.41, 5.74) is 1.65. The molecule has 0 unspecified atom stereocenters. The zero-order valence-electron chi connectivity index (χ0n) is 21.7. The summed E-state index contributed by atoms with van der Waals surface area (Å²) in [5.74, 6) is 0.939. The maximum absolute atomic E-state index is 12.9. The summed E-state index contributed by atoms with van der Waals surface area (Å²) >= 11 is 6.35. The average Bonchev–Trinajstić information content (AvgIpc) is 3.67. The van der Waals surface area contributed by atoms with Crippen LogP contribution in [0.3, 0.4) is 0 Å². The topological polar surface area (TPSA) is 129 Å². The number of amides is 2. The van der Waals surface area contributed by atoms with Crippen molar-refractivity contribution in [3.05, 3.63) is 53.7 Å². The molecule has 206 valence electrons. The summed E-state index contributed by atoms with van der Waals surface area (Å²) in [7, 11) is -2.01. The number of para-hydroxylation sites is 1. The first-order valence-electron chi connectivity index (χ1n) is 12.4. The van der Waals surface area contributed by atoms with E-state index in [-0.39, 0.29) is 33.8 Å². The molecule has 3 heterocycles. The second-order valence-electron chi connectivity index (χ2n) is 9.45. The Bertz CT molecular complexity index is 1500. The van der Waals surface area contributed by atoms with Crippen LogP contribution >= 0.6 is 11.6 Å². The smallest absolute Gasteiger partial charge is 0.324 e. The highest BCUT2D eigenvalue weighted by Gasteiger charge is 2.35. The summed E-state index contributed by atoms with van der Waals surface area (Å²) in [6, 6.07) is 11.9. The van der Waals surface area contributed by atoms with Crippen molar-refractivity contribution in [2.45, 2.75) is 30.1 Å². The molecule has 0 radical (unpaired) electrons. The van der Waals surface area contributed by atoms with Crippen molar-refractivity contribution in [2.75, 3.05) is 48.9 Å². The van der Waals surface area contributed by atoms with Crippen molar-refractivity contribution < 1.29 is 22.7 Å². The predicted octanol–water partition coefficient (Wildman–Crippen LogP) is 4.45. The number of sulfone groups is 1. The lowest BCUT2D eigenvalue weighted by Crippen LogP contribution is -2.34. The first-order chi connectivity index (χ1) is 18.7. The van der Waals surface area contributed by atoms with Gasteiger partial charge < -0.3 is 25.0 Å². The number of nitrogens with zero attached hydrogens (tertiary/aromatic N) is 4. The van der Waals surface area contributed by atoms with E-state index in [1.54, 1.807) is 60.0 Å². The highest BCUT2D eigenvalue weighted by atomic mass is 35.5. The molecule has 3 aromatic rings. The molecular weight excluding hydrogens is 544 g/mol. The van der Waals surface area contributed by atoms with E-state index in [1.807, 2.05) is 6.07 Å². The molecule has 2 fully saturated rings. The summed E-state index contributed by atoms with van der Waals surface area (Å²) in [5, 5.41) is 5.77. The number of ether oxygens (including phenoxy) is 2. The minimum Gasteiger partial charge on any atom is -0.494 e. The molecule has 0 saturated carbocycles. The fourth-order valence-corrected chi connectivity index (χ4v) is 5.54. The molecule has 13 heteroatoms. The van der Waals surface area contributed by atoms with Crippen molar-refractivity contribution in [1.29, 1.82) is 0 Å². The molecule has 2 aromatic carbocycles. The first kappa shape index (κ1) is 27.0. The van der Waals surface area contributed by atoms with Gasteiger partial charge in [0.05, 0.1) is 54.1 Å². The third-order valence-corrected chi connectivity index (χ3v) is 8.96. The van der Waals surface area contributed by atoms with Gasteiger partial charge in [-0.3, -0.25) is 4.90 Å². The van der Waals surface area contributed by atoms with Crippen LogP contribution in [0.4, 0.5) is 33.6 Å². The average molecular weight is 573 g/mol. The molecule has 2 aliphatic rings. The molecule has 0 spiro atoms. The van der Waals surface area contributed by atoms with Crippen LogP contribution in [0.25, 0.3) is 0 Å². The maximum atomic E-state index is 12.9. The molecule has 39 heavy (non-hydrogen) atoms. The Morgan fingerprint density at radius 2 is 1.92 bits per heavy atom. The number of epoxide rings is 1. The van der Waals surface area contributed by atoms with Gasteiger partial charge in [-0.15, -0.1) is 0 Å². The Labute approximate surface area is 232 Å². The van der Waals surface area contributed by atoms with Crippen LogP contribution in [0, 0.1) is 0 Å². The Balaban J connectivity index is 1.36. The Hall–Kier alpha value is -3.61. The van der Waals surface area contributed by atoms with E-state index in [1.165, 1.54) is 13.3 Å². The SMILES string of the molecule is COc1cc(N2CCN(C[C@@H]3CO3)C2=O)ccc1Nc1ncc(Cl)c(Nc2ccccc2S(=O)(=O)C(C)C)n1. The number of rotatable bonds is 10. The van der Waals surface area contributed by atoms with Crippen LogP contribution in [0.15, 0.2) is 53.6 Å². The Morgan fingerprint density at radius 3 is 2.64 bits per heavy atom. The van der Waals surface area contributed by atoms with E-state index in [0.717, 1.165) is 0 Å². The molecule has 2 saturated heterocycles. The van der Waals surface area contributed by atoms with Gasteiger partial charge in [0.2, 0.25) is 5.95 Å². The zero-order chi connectivity index (χ0) is 27.7. The molecule has 2 N–H and O–H groups in total. The zero-order valence-corrected chi connectivity index (χ0v) is 23.3. The Kier molecular flexibility index (Phi) is 7.52. The first-order valence-corrected chi connectivity index (χ1v) is 14.4. The molecule has 0 bridgehead atoms. The third-order valence-electron chi connectivity index (χ3n) is 6.48. The van der Waals surface area contributed by atoms with Crippen LogP contribution in [-0.2, 0) is 14.6 Å². The molecule has 1 atom stereocenters. The minimum atomic E-state index is -3.55. The van der Waals surface area contributed by atoms with Gasteiger partial charge in [-0.25, -0.2) is 18.2 Å². The van der Waals surface area contributed by atoms with E-state index in [2.05, 4.69) is 20.6 Å². The molecule has 5 rings (SSSR count). The van der Waals surface area contributed by atoms with Crippen LogP contribution < -0.4 is 20.3 Å². The second kappa shape index (κ2) is 10.9. The number of hydrogen-bond acceptors (Lipinski definition) is 9. The van der Waals surface area contributed by atoms with Crippen molar-refractivity contribution >= 4 is 56.3 Å². The minimum absolute atomic E-state index is 0.0650. The van der Waals surface area contributed by atoms with Gasteiger partial charge in [-0.1, -0.05) is 23.7 Å². The molecule has 2 aliphatic heterocycles. The summed E-state index contributed by atoms with van der Waals surface area (Å²) < 4.78 is 36.5. The summed E-state index contributed by atoms with van der Waals surface area (Å²) in [4.78, 5) is 25.2. The van der Waals surface area contributed by atoms with Gasteiger partial charge in [0.15, 0.2) is 15.7 Å². The van der Waals surface area contributed by atoms with Gasteiger partial charge in [0.25, 0.3) is 0 Å². The van der Waals surface area contributed by atoms with Crippen LogP contribution in [-0.4, -0.2) is 74.0 Å². The van der Waals surface area contributed by atoms with Crippen LogP contribution in [0.1, 0.15) is 13.8 Å². The highest BCUT2D eigenvalue weighted by Crippen LogP contribution is 2.34. The predicted molar refractivity (Wildman–Crippen MR) is 149 cm³/mol. The monoisotopic (exact) mass is 572 g/mol. The lowest BCUT2D eigenvalue weighted by Gasteiger charge is -2.20. The Morgan fingerprint density at radius 1 is 1.15 bits per heavy atom. The summed E-state index contributed by atoms with van der Waals surface area (Å²) in [6.07, 6.45) is 1.56. The normalized spacial score (nSPS) is 17.1. The number of halogens is 1. The number of carbonyl (C=O) groups excluding carboxylic acids is 1. The van der Waals surface area contributed by atoms with Gasteiger partial charge >= 0.3 is 6.03 Å². The lowest BCUT2D eigenvalue weighted by atomic mass is 10.2. The van der Waals surface area contributed by atoms with Gasteiger partial charge in [0.1, 0.15) is 10.8 Å². The maximum Gasteiger partial charge on any atom is 0.324 e. The van der Waals surface area contributed by atoms with Crippen LogP contribution in [0.2, 0.25) is 5.02 Å². The molecular formula is C26H29ClN6O5S.